The van der Waals surface area contributed by atoms with Crippen LogP contribution in [0.15, 0.2) is 54.1 Å². The molecule has 1 aliphatic heterocycles. The second kappa shape index (κ2) is 13.7. The summed E-state index contributed by atoms with van der Waals surface area (Å²) in [5.74, 6) is -0.416. The fourth-order valence-electron chi connectivity index (χ4n) is 5.24. The lowest BCUT2D eigenvalue weighted by atomic mass is 9.88. The third kappa shape index (κ3) is 7.69. The van der Waals surface area contributed by atoms with Gasteiger partial charge in [-0.3, -0.25) is 14.9 Å². The van der Waals surface area contributed by atoms with Crippen LogP contribution in [0.1, 0.15) is 82.3 Å². The van der Waals surface area contributed by atoms with Gasteiger partial charge in [0.25, 0.3) is 18.2 Å². The number of hydrogen-bond donors (Lipinski definition) is 2. The second-order valence-electron chi connectivity index (χ2n) is 12.9. The Morgan fingerprint density at radius 2 is 1.84 bits per heavy atom. The highest BCUT2D eigenvalue weighted by Crippen LogP contribution is 2.28. The summed E-state index contributed by atoms with van der Waals surface area (Å²) in [6, 6.07) is 13.3. The summed E-state index contributed by atoms with van der Waals surface area (Å²) >= 11 is 0. The number of imidazole rings is 1. The number of benzene rings is 2. The van der Waals surface area contributed by atoms with Crippen LogP contribution in [-0.4, -0.2) is 44.9 Å². The minimum absolute atomic E-state index is 0.0545. The lowest BCUT2D eigenvalue weighted by Gasteiger charge is -2.28. The maximum absolute atomic E-state index is 13.4. The van der Waals surface area contributed by atoms with Gasteiger partial charge in [-0.1, -0.05) is 58.9 Å². The van der Waals surface area contributed by atoms with Gasteiger partial charge in [-0.2, -0.15) is 5.26 Å². The van der Waals surface area contributed by atoms with Crippen molar-refractivity contribution in [1.29, 1.82) is 5.26 Å². The SMILES string of the molecule is CC(C)C=C(C#N)C(=O)N1CCCC1Cn1c(NC(=O)c2ccc(C(F)F)cc2)nc2cc(CNC(C)C(C)(C)C)ccc21. The number of amides is 2. The molecule has 1 aromatic heterocycles. The predicted molar refractivity (Wildman–Crippen MR) is 168 cm³/mol. The Bertz CT molecular complexity index is 1560. The number of allylic oxidation sites excluding steroid dienone is 1. The Labute approximate surface area is 258 Å². The molecule has 1 fully saturated rings. The van der Waals surface area contributed by atoms with Crippen molar-refractivity contribution in [2.75, 3.05) is 11.9 Å². The van der Waals surface area contributed by atoms with Crippen molar-refractivity contribution in [3.63, 3.8) is 0 Å². The number of carbonyl (C=O) groups excluding carboxylic acids is 2. The molecule has 1 aliphatic rings. The van der Waals surface area contributed by atoms with Crippen LogP contribution in [0.25, 0.3) is 11.0 Å². The molecule has 0 radical (unpaired) electrons. The van der Waals surface area contributed by atoms with E-state index in [1.54, 1.807) is 11.0 Å². The molecule has 10 heteroatoms. The molecule has 0 saturated carbocycles. The molecule has 2 heterocycles. The largest absolute Gasteiger partial charge is 0.333 e. The summed E-state index contributed by atoms with van der Waals surface area (Å²) in [5.41, 5.74) is 2.80. The number of halogens is 2. The summed E-state index contributed by atoms with van der Waals surface area (Å²) < 4.78 is 28.0. The third-order valence-corrected chi connectivity index (χ3v) is 8.26. The lowest BCUT2D eigenvalue weighted by Crippen LogP contribution is -2.39. The van der Waals surface area contributed by atoms with E-state index in [4.69, 9.17) is 4.98 Å². The van der Waals surface area contributed by atoms with Crippen LogP contribution in [0.4, 0.5) is 14.7 Å². The molecule has 4 rings (SSSR count). The van der Waals surface area contributed by atoms with Crippen molar-refractivity contribution in [1.82, 2.24) is 19.8 Å². The number of hydrogen-bond acceptors (Lipinski definition) is 5. The van der Waals surface area contributed by atoms with E-state index in [0.29, 0.717) is 31.1 Å². The van der Waals surface area contributed by atoms with Crippen LogP contribution in [-0.2, 0) is 17.9 Å². The number of anilines is 1. The minimum Gasteiger partial charge on any atom is -0.333 e. The summed E-state index contributed by atoms with van der Waals surface area (Å²) in [6.07, 6.45) is 0.593. The van der Waals surface area contributed by atoms with Crippen molar-refractivity contribution in [2.24, 2.45) is 11.3 Å². The number of nitrogens with zero attached hydrogens (tertiary/aromatic N) is 4. The van der Waals surface area contributed by atoms with E-state index in [1.807, 2.05) is 36.6 Å². The number of rotatable bonds is 10. The fraction of sp³-hybridized carbons (Fsp3) is 0.471. The van der Waals surface area contributed by atoms with E-state index in [0.717, 1.165) is 23.9 Å². The maximum atomic E-state index is 13.4. The van der Waals surface area contributed by atoms with E-state index < -0.39 is 12.3 Å². The van der Waals surface area contributed by atoms with Crippen molar-refractivity contribution in [3.05, 3.63) is 70.8 Å². The van der Waals surface area contributed by atoms with Crippen LogP contribution in [0, 0.1) is 22.7 Å². The van der Waals surface area contributed by atoms with E-state index in [9.17, 15) is 23.6 Å². The lowest BCUT2D eigenvalue weighted by molar-refractivity contribution is -0.127. The normalized spacial score (nSPS) is 16.5. The number of nitrogens with one attached hydrogen (secondary N) is 2. The molecule has 44 heavy (non-hydrogen) atoms. The number of likely N-dealkylation sites (tertiary alicyclic amines) is 1. The molecule has 2 N–H and O–H groups in total. The second-order valence-corrected chi connectivity index (χ2v) is 12.9. The Balaban J connectivity index is 1.67. The third-order valence-electron chi connectivity index (χ3n) is 8.26. The molecule has 0 aliphatic carbocycles. The van der Waals surface area contributed by atoms with Crippen LogP contribution in [0.2, 0.25) is 0 Å². The van der Waals surface area contributed by atoms with Gasteiger partial charge in [-0.05, 0) is 60.9 Å². The Kier molecular flexibility index (Phi) is 10.2. The summed E-state index contributed by atoms with van der Waals surface area (Å²) in [5, 5.41) is 16.1. The number of alkyl halides is 2. The highest BCUT2D eigenvalue weighted by Gasteiger charge is 2.32. The van der Waals surface area contributed by atoms with Crippen molar-refractivity contribution < 1.29 is 18.4 Å². The zero-order valence-electron chi connectivity index (χ0n) is 26.3. The van der Waals surface area contributed by atoms with Crippen LogP contribution < -0.4 is 10.6 Å². The molecule has 2 amide bonds. The molecular weight excluding hydrogens is 562 g/mol. The summed E-state index contributed by atoms with van der Waals surface area (Å²) in [4.78, 5) is 33.1. The first-order valence-corrected chi connectivity index (χ1v) is 15.1. The summed E-state index contributed by atoms with van der Waals surface area (Å²) in [7, 11) is 0. The zero-order valence-corrected chi connectivity index (χ0v) is 26.3. The van der Waals surface area contributed by atoms with Crippen molar-refractivity contribution in [3.8, 4) is 6.07 Å². The average molecular weight is 605 g/mol. The Morgan fingerprint density at radius 3 is 2.45 bits per heavy atom. The van der Waals surface area contributed by atoms with E-state index in [-0.39, 0.29) is 46.0 Å². The van der Waals surface area contributed by atoms with Gasteiger partial charge in [-0.15, -0.1) is 0 Å². The fourth-order valence-corrected chi connectivity index (χ4v) is 5.24. The molecule has 2 unspecified atom stereocenters. The molecule has 8 nitrogen and oxygen atoms in total. The number of aromatic nitrogens is 2. The van der Waals surface area contributed by atoms with E-state index in [1.165, 1.54) is 24.3 Å². The summed E-state index contributed by atoms with van der Waals surface area (Å²) in [6.45, 7) is 14.1. The van der Waals surface area contributed by atoms with Gasteiger partial charge in [0, 0.05) is 36.8 Å². The minimum atomic E-state index is -2.62. The molecule has 1 saturated heterocycles. The molecule has 2 aromatic carbocycles. The average Bonchev–Trinajstić information content (AvgIpc) is 3.57. The smallest absolute Gasteiger partial charge is 0.264 e. The van der Waals surface area contributed by atoms with Gasteiger partial charge >= 0.3 is 0 Å². The zero-order chi connectivity index (χ0) is 32.2. The molecule has 234 valence electrons. The van der Waals surface area contributed by atoms with Crippen LogP contribution in [0.5, 0.6) is 0 Å². The standard InChI is InChI=1S/C34H42F2N6O2/c1-21(2)16-26(18-37)32(44)41-15-7-8-27(41)20-42-29-14-9-23(19-38-22(3)34(4,5)6)17-28(29)39-33(42)40-31(43)25-12-10-24(11-13-25)30(35)36/h9-14,16-17,21-22,27,30,38H,7-8,15,19-20H2,1-6H3,(H,39,40,43). The Morgan fingerprint density at radius 1 is 1.14 bits per heavy atom. The number of fused-ring (bicyclic) bond motifs is 1. The molecule has 0 bridgehead atoms. The molecular formula is C34H42F2N6O2. The van der Waals surface area contributed by atoms with E-state index in [2.05, 4.69) is 44.4 Å². The van der Waals surface area contributed by atoms with Gasteiger partial charge in [0.15, 0.2) is 0 Å². The number of carbonyl (C=O) groups is 2. The monoisotopic (exact) mass is 604 g/mol. The van der Waals surface area contributed by atoms with Crippen molar-refractivity contribution >= 4 is 28.8 Å². The van der Waals surface area contributed by atoms with E-state index >= 15 is 0 Å². The topological polar surface area (TPSA) is 103 Å². The van der Waals surface area contributed by atoms with Crippen LogP contribution in [0.3, 0.4) is 0 Å². The van der Waals surface area contributed by atoms with Gasteiger partial charge in [0.2, 0.25) is 5.95 Å². The molecule has 0 spiro atoms. The maximum Gasteiger partial charge on any atom is 0.264 e. The van der Waals surface area contributed by atoms with Crippen LogP contribution >= 0.6 is 0 Å². The first-order valence-electron chi connectivity index (χ1n) is 15.1. The molecule has 2 atom stereocenters. The van der Waals surface area contributed by atoms with Gasteiger partial charge < -0.3 is 14.8 Å². The quantitative estimate of drug-likeness (QED) is 0.195. The first kappa shape index (κ1) is 32.8. The number of nitriles is 1. The first-order chi connectivity index (χ1) is 20.8. The van der Waals surface area contributed by atoms with Gasteiger partial charge in [-0.25, -0.2) is 13.8 Å². The molecule has 3 aromatic rings. The van der Waals surface area contributed by atoms with Gasteiger partial charge in [0.05, 0.1) is 17.1 Å². The Hall–Kier alpha value is -4.10. The highest BCUT2D eigenvalue weighted by atomic mass is 19.3. The highest BCUT2D eigenvalue weighted by molar-refractivity contribution is 6.04. The van der Waals surface area contributed by atoms with Gasteiger partial charge in [0.1, 0.15) is 11.6 Å². The predicted octanol–water partition coefficient (Wildman–Crippen LogP) is 6.85. The van der Waals surface area contributed by atoms with Crippen molar-refractivity contribution in [2.45, 2.75) is 86.0 Å².